The summed E-state index contributed by atoms with van der Waals surface area (Å²) in [6.07, 6.45) is -2.90. The number of alkyl halides is 3. The van der Waals surface area contributed by atoms with Crippen molar-refractivity contribution in [3.8, 4) is 0 Å². The number of aliphatic hydroxyl groups is 1. The van der Waals surface area contributed by atoms with E-state index in [9.17, 15) is 23.1 Å². The molecule has 1 fully saturated rings. The molecule has 0 heterocycles. The van der Waals surface area contributed by atoms with Crippen molar-refractivity contribution in [1.29, 1.82) is 0 Å². The number of aliphatic hydroxyl groups excluding tert-OH is 1. The van der Waals surface area contributed by atoms with Gasteiger partial charge in [-0.1, -0.05) is 0 Å². The summed E-state index contributed by atoms with van der Waals surface area (Å²) in [5.74, 6) is -0.312. The summed E-state index contributed by atoms with van der Waals surface area (Å²) in [4.78, 5) is 13.7. The predicted molar refractivity (Wildman–Crippen MR) is 59.9 cm³/mol. The number of rotatable bonds is 6. The van der Waals surface area contributed by atoms with Crippen LogP contribution in [0.25, 0.3) is 0 Å². The molecule has 0 radical (unpaired) electrons. The topological polar surface area (TPSA) is 43.8 Å². The molecule has 1 atom stereocenters. The van der Waals surface area contributed by atoms with Crippen LogP contribution in [0.1, 0.15) is 12.8 Å². The molecule has 1 saturated carbocycles. The van der Waals surface area contributed by atoms with Crippen molar-refractivity contribution < 1.29 is 23.1 Å². The fourth-order valence-electron chi connectivity index (χ4n) is 1.72. The Hall–Kier alpha value is -0.820. The zero-order valence-electron chi connectivity index (χ0n) is 10.6. The Morgan fingerprint density at radius 2 is 1.94 bits per heavy atom. The smallest absolute Gasteiger partial charge is 0.392 e. The van der Waals surface area contributed by atoms with E-state index in [-0.39, 0.29) is 12.5 Å². The molecule has 7 heteroatoms. The molecular formula is C11H19F3N2O2. The SMILES string of the molecule is CN(CC(=O)N(C)CC(F)(F)F)CC(O)C1CC1. The van der Waals surface area contributed by atoms with E-state index < -0.39 is 24.7 Å². The lowest BCUT2D eigenvalue weighted by Gasteiger charge is -2.24. The molecule has 1 amide bonds. The van der Waals surface area contributed by atoms with Crippen molar-refractivity contribution >= 4 is 5.91 Å². The Morgan fingerprint density at radius 1 is 1.39 bits per heavy atom. The van der Waals surface area contributed by atoms with E-state index in [1.807, 2.05) is 0 Å². The van der Waals surface area contributed by atoms with Crippen molar-refractivity contribution in [3.63, 3.8) is 0 Å². The Balaban J connectivity index is 2.29. The molecule has 0 aromatic rings. The van der Waals surface area contributed by atoms with Gasteiger partial charge in [-0.2, -0.15) is 13.2 Å². The fourth-order valence-corrected chi connectivity index (χ4v) is 1.72. The summed E-state index contributed by atoms with van der Waals surface area (Å²) < 4.78 is 36.2. The minimum absolute atomic E-state index is 0.115. The second-order valence-corrected chi connectivity index (χ2v) is 4.97. The Labute approximate surface area is 104 Å². The molecular weight excluding hydrogens is 249 g/mol. The molecule has 1 aliphatic carbocycles. The van der Waals surface area contributed by atoms with Crippen LogP contribution in [-0.2, 0) is 4.79 Å². The molecule has 4 nitrogen and oxygen atoms in total. The van der Waals surface area contributed by atoms with E-state index in [4.69, 9.17) is 0 Å². The van der Waals surface area contributed by atoms with Crippen LogP contribution in [0.15, 0.2) is 0 Å². The summed E-state index contributed by atoms with van der Waals surface area (Å²) in [5.41, 5.74) is 0. The number of nitrogens with zero attached hydrogens (tertiary/aromatic N) is 2. The third-order valence-electron chi connectivity index (χ3n) is 2.91. The van der Waals surface area contributed by atoms with E-state index in [0.717, 1.165) is 19.9 Å². The third-order valence-corrected chi connectivity index (χ3v) is 2.91. The number of carbonyl (C=O) groups excluding carboxylic acids is 1. The Morgan fingerprint density at radius 3 is 2.39 bits per heavy atom. The average Bonchev–Trinajstić information content (AvgIpc) is 2.96. The van der Waals surface area contributed by atoms with Gasteiger partial charge in [0.1, 0.15) is 6.54 Å². The fraction of sp³-hybridized carbons (Fsp3) is 0.909. The van der Waals surface area contributed by atoms with E-state index in [1.54, 1.807) is 11.9 Å². The van der Waals surface area contributed by atoms with Crippen LogP contribution in [0.5, 0.6) is 0 Å². The average molecular weight is 268 g/mol. The lowest BCUT2D eigenvalue weighted by molar-refractivity contribution is -0.159. The van der Waals surface area contributed by atoms with E-state index in [0.29, 0.717) is 11.4 Å². The highest BCUT2D eigenvalue weighted by atomic mass is 19.4. The van der Waals surface area contributed by atoms with Gasteiger partial charge >= 0.3 is 6.18 Å². The minimum atomic E-state index is -4.38. The molecule has 106 valence electrons. The molecule has 0 spiro atoms. The van der Waals surface area contributed by atoms with E-state index >= 15 is 0 Å². The van der Waals surface area contributed by atoms with Crippen LogP contribution in [0.3, 0.4) is 0 Å². The van der Waals surface area contributed by atoms with Crippen molar-refractivity contribution in [2.75, 3.05) is 33.7 Å². The molecule has 0 saturated heterocycles. The van der Waals surface area contributed by atoms with Crippen LogP contribution in [0.2, 0.25) is 0 Å². The monoisotopic (exact) mass is 268 g/mol. The van der Waals surface area contributed by atoms with Gasteiger partial charge < -0.3 is 10.0 Å². The first-order valence-electron chi connectivity index (χ1n) is 5.86. The molecule has 0 aliphatic heterocycles. The van der Waals surface area contributed by atoms with Crippen molar-refractivity contribution in [2.24, 2.45) is 5.92 Å². The first kappa shape index (κ1) is 15.2. The lowest BCUT2D eigenvalue weighted by atomic mass is 10.2. The summed E-state index contributed by atoms with van der Waals surface area (Å²) >= 11 is 0. The van der Waals surface area contributed by atoms with Crippen LogP contribution in [0.4, 0.5) is 13.2 Å². The van der Waals surface area contributed by atoms with Gasteiger partial charge in [-0.05, 0) is 25.8 Å². The normalized spacial score (nSPS) is 17.9. The lowest BCUT2D eigenvalue weighted by Crippen LogP contribution is -2.43. The zero-order chi connectivity index (χ0) is 13.9. The predicted octanol–water partition coefficient (Wildman–Crippen LogP) is 0.710. The van der Waals surface area contributed by atoms with Gasteiger partial charge in [-0.3, -0.25) is 9.69 Å². The molecule has 1 unspecified atom stereocenters. The summed E-state index contributed by atoms with van der Waals surface area (Å²) in [6.45, 7) is -1.04. The first-order chi connectivity index (χ1) is 8.19. The molecule has 0 bridgehead atoms. The van der Waals surface area contributed by atoms with E-state index in [1.165, 1.54) is 0 Å². The molecule has 1 rings (SSSR count). The van der Waals surface area contributed by atoms with Crippen LogP contribution < -0.4 is 0 Å². The Bertz CT molecular complexity index is 293. The Kier molecular flexibility index (Phi) is 4.98. The molecule has 18 heavy (non-hydrogen) atoms. The maximum Gasteiger partial charge on any atom is 0.406 e. The van der Waals surface area contributed by atoms with Gasteiger partial charge in [0.15, 0.2) is 0 Å². The van der Waals surface area contributed by atoms with Crippen molar-refractivity contribution in [3.05, 3.63) is 0 Å². The highest BCUT2D eigenvalue weighted by molar-refractivity contribution is 5.78. The van der Waals surface area contributed by atoms with Gasteiger partial charge in [0, 0.05) is 13.6 Å². The molecule has 0 aromatic heterocycles. The second kappa shape index (κ2) is 5.88. The zero-order valence-corrected chi connectivity index (χ0v) is 10.6. The highest BCUT2D eigenvalue weighted by Crippen LogP contribution is 2.32. The van der Waals surface area contributed by atoms with Gasteiger partial charge in [0.2, 0.25) is 5.91 Å². The number of carbonyl (C=O) groups is 1. The van der Waals surface area contributed by atoms with Gasteiger partial charge in [-0.25, -0.2) is 0 Å². The quantitative estimate of drug-likeness (QED) is 0.771. The number of halogens is 3. The molecule has 1 N–H and O–H groups in total. The van der Waals surface area contributed by atoms with Gasteiger partial charge in [0.25, 0.3) is 0 Å². The third kappa shape index (κ3) is 5.68. The highest BCUT2D eigenvalue weighted by Gasteiger charge is 2.33. The van der Waals surface area contributed by atoms with E-state index in [2.05, 4.69) is 0 Å². The summed E-state index contributed by atoms with van der Waals surface area (Å²) in [5, 5.41) is 9.65. The maximum absolute atomic E-state index is 12.1. The van der Waals surface area contributed by atoms with Crippen molar-refractivity contribution in [2.45, 2.75) is 25.1 Å². The van der Waals surface area contributed by atoms with Crippen molar-refractivity contribution in [1.82, 2.24) is 9.80 Å². The number of amides is 1. The summed E-state index contributed by atoms with van der Waals surface area (Å²) in [6, 6.07) is 0. The number of likely N-dealkylation sites (N-methyl/N-ethyl adjacent to an activating group) is 2. The van der Waals surface area contributed by atoms with Gasteiger partial charge in [-0.15, -0.1) is 0 Å². The summed E-state index contributed by atoms with van der Waals surface area (Å²) in [7, 11) is 2.74. The number of hydrogen-bond acceptors (Lipinski definition) is 3. The van der Waals surface area contributed by atoms with Gasteiger partial charge in [0.05, 0.1) is 12.6 Å². The minimum Gasteiger partial charge on any atom is -0.392 e. The first-order valence-corrected chi connectivity index (χ1v) is 5.86. The second-order valence-electron chi connectivity index (χ2n) is 4.97. The van der Waals surface area contributed by atoms with Crippen LogP contribution in [0, 0.1) is 5.92 Å². The maximum atomic E-state index is 12.1. The number of hydrogen-bond donors (Lipinski definition) is 1. The molecule has 1 aliphatic rings. The van der Waals surface area contributed by atoms with Crippen LogP contribution in [-0.4, -0.2) is 66.8 Å². The van der Waals surface area contributed by atoms with Crippen LogP contribution >= 0.6 is 0 Å². The standard InChI is InChI=1S/C11H19F3N2O2/c1-15(5-9(17)8-3-4-8)6-10(18)16(2)7-11(12,13)14/h8-9,17H,3-7H2,1-2H3. The molecule has 0 aromatic carbocycles. The largest absolute Gasteiger partial charge is 0.406 e.